The van der Waals surface area contributed by atoms with Gasteiger partial charge in [-0.2, -0.15) is 0 Å². The van der Waals surface area contributed by atoms with E-state index in [0.29, 0.717) is 28.0 Å². The van der Waals surface area contributed by atoms with Crippen LogP contribution in [-0.4, -0.2) is 28.8 Å². The van der Waals surface area contributed by atoms with Crippen LogP contribution < -0.4 is 10.6 Å². The van der Waals surface area contributed by atoms with E-state index in [1.54, 1.807) is 19.1 Å². The summed E-state index contributed by atoms with van der Waals surface area (Å²) in [5, 5.41) is 16.3. The highest BCUT2D eigenvalue weighted by Gasteiger charge is 2.26. The van der Waals surface area contributed by atoms with E-state index < -0.39 is 5.97 Å². The molecule has 0 aliphatic heterocycles. The fourth-order valence-corrected chi connectivity index (χ4v) is 4.78. The molecule has 1 aromatic carbocycles. The molecule has 6 nitrogen and oxygen atoms in total. The molecule has 1 aliphatic rings. The molecule has 1 aliphatic carbocycles. The van der Waals surface area contributed by atoms with Crippen molar-refractivity contribution in [3.63, 3.8) is 0 Å². The van der Waals surface area contributed by atoms with Crippen LogP contribution >= 0.6 is 23.6 Å². The summed E-state index contributed by atoms with van der Waals surface area (Å²) in [4.78, 5) is 24.9. The van der Waals surface area contributed by atoms with Crippen LogP contribution in [0.4, 0.5) is 10.7 Å². The van der Waals surface area contributed by atoms with E-state index in [4.69, 9.17) is 17.0 Å². The molecule has 8 heteroatoms. The maximum absolute atomic E-state index is 12.5. The largest absolute Gasteiger partial charge is 0.478 e. The minimum absolute atomic E-state index is 0.176. The highest BCUT2D eigenvalue weighted by atomic mass is 32.1. The number of anilines is 2. The van der Waals surface area contributed by atoms with Gasteiger partial charge in [0.05, 0.1) is 17.7 Å². The molecule has 1 aromatic heterocycles. The van der Waals surface area contributed by atoms with Gasteiger partial charge in [0, 0.05) is 10.6 Å². The summed E-state index contributed by atoms with van der Waals surface area (Å²) >= 11 is 6.96. The minimum Gasteiger partial charge on any atom is -0.478 e. The van der Waals surface area contributed by atoms with Crippen molar-refractivity contribution in [1.82, 2.24) is 0 Å². The van der Waals surface area contributed by atoms with Gasteiger partial charge < -0.3 is 20.5 Å². The number of carbonyl (C=O) groups excluding carboxylic acids is 1. The van der Waals surface area contributed by atoms with Gasteiger partial charge in [-0.1, -0.05) is 6.07 Å². The summed E-state index contributed by atoms with van der Waals surface area (Å²) in [6, 6.07) is 4.81. The topological polar surface area (TPSA) is 87.7 Å². The average molecular weight is 419 g/mol. The number of carboxylic acids is 1. The van der Waals surface area contributed by atoms with Crippen molar-refractivity contribution < 1.29 is 19.4 Å². The maximum Gasteiger partial charge on any atom is 0.341 e. The smallest absolute Gasteiger partial charge is 0.341 e. The van der Waals surface area contributed by atoms with E-state index >= 15 is 0 Å². The Kier molecular flexibility index (Phi) is 6.31. The van der Waals surface area contributed by atoms with Gasteiger partial charge in [-0.05, 0) is 75.0 Å². The summed E-state index contributed by atoms with van der Waals surface area (Å²) in [7, 11) is 0. The predicted octanol–water partition coefficient (Wildman–Crippen LogP) is 4.62. The van der Waals surface area contributed by atoms with E-state index in [0.717, 1.165) is 36.8 Å². The number of nitrogens with one attached hydrogen (secondary N) is 2. The van der Waals surface area contributed by atoms with Crippen LogP contribution in [0.15, 0.2) is 18.2 Å². The number of ether oxygens (including phenoxy) is 1. The summed E-state index contributed by atoms with van der Waals surface area (Å²) in [6.07, 6.45) is 3.98. The molecular formula is C20H22N2O4S2. The van der Waals surface area contributed by atoms with Gasteiger partial charge in [0.1, 0.15) is 5.00 Å². The Hall–Kier alpha value is -2.45. The molecule has 148 valence electrons. The second-order valence-electron chi connectivity index (χ2n) is 6.55. The van der Waals surface area contributed by atoms with E-state index in [1.807, 2.05) is 6.92 Å². The second kappa shape index (κ2) is 8.70. The molecular weight excluding hydrogens is 396 g/mol. The Balaban J connectivity index is 1.84. The molecule has 0 fully saturated rings. The molecule has 3 N–H and O–H groups in total. The molecule has 0 bridgehead atoms. The number of carbonyl (C=O) groups is 2. The van der Waals surface area contributed by atoms with E-state index in [9.17, 15) is 14.7 Å². The number of aryl methyl sites for hydroxylation is 2. The fourth-order valence-electron chi connectivity index (χ4n) is 3.22. The number of thiophene rings is 1. The first-order valence-electron chi connectivity index (χ1n) is 9.14. The fraction of sp³-hybridized carbons (Fsp3) is 0.350. The molecule has 0 atom stereocenters. The quantitative estimate of drug-likeness (QED) is 0.482. The first-order valence-corrected chi connectivity index (χ1v) is 10.4. The number of hydrogen-bond donors (Lipinski definition) is 3. The molecule has 0 radical (unpaired) electrons. The minimum atomic E-state index is -1.00. The van der Waals surface area contributed by atoms with Gasteiger partial charge in [-0.15, -0.1) is 11.3 Å². The third-order valence-corrected chi connectivity index (χ3v) is 6.02. The Labute approximate surface area is 172 Å². The monoisotopic (exact) mass is 418 g/mol. The molecule has 0 amide bonds. The lowest BCUT2D eigenvalue weighted by Crippen LogP contribution is -2.21. The van der Waals surface area contributed by atoms with E-state index in [-0.39, 0.29) is 11.5 Å². The number of aromatic carboxylic acids is 1. The van der Waals surface area contributed by atoms with Crippen molar-refractivity contribution in [2.75, 3.05) is 17.2 Å². The number of benzene rings is 1. The maximum atomic E-state index is 12.5. The zero-order valence-electron chi connectivity index (χ0n) is 15.8. The van der Waals surface area contributed by atoms with Crippen molar-refractivity contribution in [3.05, 3.63) is 45.3 Å². The summed E-state index contributed by atoms with van der Waals surface area (Å²) in [5.41, 5.74) is 3.28. The molecule has 1 heterocycles. The number of rotatable bonds is 5. The van der Waals surface area contributed by atoms with E-state index in [2.05, 4.69) is 10.6 Å². The van der Waals surface area contributed by atoms with Crippen LogP contribution in [0.2, 0.25) is 0 Å². The van der Waals surface area contributed by atoms with Crippen molar-refractivity contribution in [1.29, 1.82) is 0 Å². The van der Waals surface area contributed by atoms with Gasteiger partial charge in [-0.3, -0.25) is 0 Å². The molecule has 3 rings (SSSR count). The van der Waals surface area contributed by atoms with Gasteiger partial charge in [0.25, 0.3) is 0 Å². The van der Waals surface area contributed by atoms with Crippen LogP contribution in [0.5, 0.6) is 0 Å². The van der Waals surface area contributed by atoms with Crippen molar-refractivity contribution in [2.24, 2.45) is 0 Å². The van der Waals surface area contributed by atoms with E-state index in [1.165, 1.54) is 22.3 Å². The van der Waals surface area contributed by atoms with Gasteiger partial charge in [0.15, 0.2) is 5.11 Å². The lowest BCUT2D eigenvalue weighted by Gasteiger charge is -2.14. The first-order chi connectivity index (χ1) is 13.4. The van der Waals surface area contributed by atoms with Crippen molar-refractivity contribution >= 4 is 51.3 Å². The molecule has 0 spiro atoms. The van der Waals surface area contributed by atoms with Crippen LogP contribution in [0, 0.1) is 6.92 Å². The number of fused-ring (bicyclic) bond motifs is 1. The second-order valence-corrected chi connectivity index (χ2v) is 8.06. The molecule has 0 saturated heterocycles. The van der Waals surface area contributed by atoms with Crippen molar-refractivity contribution in [3.8, 4) is 0 Å². The molecule has 0 unspecified atom stereocenters. The molecule has 0 saturated carbocycles. The van der Waals surface area contributed by atoms with Gasteiger partial charge in [0.2, 0.25) is 0 Å². The third kappa shape index (κ3) is 4.34. The Morgan fingerprint density at radius 3 is 2.71 bits per heavy atom. The Morgan fingerprint density at radius 2 is 2.00 bits per heavy atom. The van der Waals surface area contributed by atoms with Crippen LogP contribution in [0.25, 0.3) is 0 Å². The number of hydrogen-bond acceptors (Lipinski definition) is 5. The number of esters is 1. The highest BCUT2D eigenvalue weighted by molar-refractivity contribution is 7.80. The van der Waals surface area contributed by atoms with Gasteiger partial charge >= 0.3 is 11.9 Å². The van der Waals surface area contributed by atoms with Crippen molar-refractivity contribution in [2.45, 2.75) is 39.5 Å². The van der Waals surface area contributed by atoms with Crippen LogP contribution in [-0.2, 0) is 17.6 Å². The summed E-state index contributed by atoms with van der Waals surface area (Å²) in [5.74, 6) is -1.34. The standard InChI is InChI=1S/C20H22N2O4S2/c1-3-26-19(25)16-13-6-4-5-7-15(13)28-17(16)22-20(27)21-14-10-12(18(23)24)9-8-11(14)2/h8-10H,3-7H2,1-2H3,(H,23,24)(H2,21,22,27). The normalized spacial score (nSPS) is 12.8. The summed E-state index contributed by atoms with van der Waals surface area (Å²) < 4.78 is 5.25. The third-order valence-electron chi connectivity index (χ3n) is 4.61. The van der Waals surface area contributed by atoms with Gasteiger partial charge in [-0.25, -0.2) is 9.59 Å². The SMILES string of the molecule is CCOC(=O)c1c(NC(=S)Nc2cc(C(=O)O)ccc2C)sc2c1CCCC2. The number of thiocarbonyl (C=S) groups is 1. The lowest BCUT2D eigenvalue weighted by atomic mass is 9.95. The highest BCUT2D eigenvalue weighted by Crippen LogP contribution is 2.38. The number of carboxylic acid groups (broad SMARTS) is 1. The predicted molar refractivity (Wildman–Crippen MR) is 115 cm³/mol. The van der Waals surface area contributed by atoms with Crippen LogP contribution in [0.3, 0.4) is 0 Å². The lowest BCUT2D eigenvalue weighted by molar-refractivity contribution is 0.0526. The molecule has 2 aromatic rings. The van der Waals surface area contributed by atoms with Crippen LogP contribution in [0.1, 0.15) is 56.5 Å². The first kappa shape index (κ1) is 20.3. The zero-order chi connectivity index (χ0) is 20.3. The summed E-state index contributed by atoms with van der Waals surface area (Å²) in [6.45, 7) is 3.96. The molecule has 28 heavy (non-hydrogen) atoms. The zero-order valence-corrected chi connectivity index (χ0v) is 17.4. The average Bonchev–Trinajstić information content (AvgIpc) is 3.01. The Morgan fingerprint density at radius 1 is 1.25 bits per heavy atom. The Bertz CT molecular complexity index is 937.